The molecule has 2 nitrogen and oxygen atoms in total. The van der Waals surface area contributed by atoms with E-state index in [0.717, 1.165) is 0 Å². The van der Waals surface area contributed by atoms with E-state index in [1.54, 1.807) is 6.07 Å². The van der Waals surface area contributed by atoms with Crippen molar-refractivity contribution in [1.82, 2.24) is 0 Å². The van der Waals surface area contributed by atoms with Crippen LogP contribution in [-0.2, 0) is 0 Å². The second-order valence-corrected chi connectivity index (χ2v) is 10.1. The van der Waals surface area contributed by atoms with Gasteiger partial charge in [0.05, 0.1) is 5.02 Å². The minimum atomic E-state index is -1.78. The molecule has 0 N–H and O–H groups in total. The topological polar surface area (TPSA) is 22.4 Å². The average Bonchev–Trinajstić information content (AvgIpc) is 2.31. The molecule has 0 radical (unpaired) electrons. The van der Waals surface area contributed by atoms with Crippen molar-refractivity contribution in [2.24, 2.45) is 0 Å². The first-order valence-corrected chi connectivity index (χ1v) is 7.94. The largest absolute Gasteiger partial charge is 0.519 e. The van der Waals surface area contributed by atoms with Crippen LogP contribution in [0.3, 0.4) is 0 Å². The van der Waals surface area contributed by atoms with Crippen molar-refractivity contribution >= 4 is 19.9 Å². The zero-order valence-corrected chi connectivity index (χ0v) is 11.1. The van der Waals surface area contributed by atoms with Crippen LogP contribution in [0, 0.1) is 0 Å². The first-order valence-electron chi connectivity index (χ1n) is 4.65. The maximum absolute atomic E-state index is 5.87. The summed E-state index contributed by atoms with van der Waals surface area (Å²) in [7, 11) is -1.78. The van der Waals surface area contributed by atoms with Crippen LogP contribution in [0.25, 0.3) is 0 Å². The van der Waals surface area contributed by atoms with Crippen molar-refractivity contribution in [2.75, 3.05) is 0 Å². The van der Waals surface area contributed by atoms with Crippen molar-refractivity contribution in [1.29, 1.82) is 0 Å². The van der Waals surface area contributed by atoms with E-state index in [9.17, 15) is 0 Å². The quantitative estimate of drug-likeness (QED) is 0.709. The molecular weight excluding hydrogens is 216 g/mol. The maximum atomic E-state index is 5.87. The number of rotatable bonds is 2. The van der Waals surface area contributed by atoms with Gasteiger partial charge in [0.2, 0.25) is 0 Å². The third-order valence-electron chi connectivity index (χ3n) is 2.71. The Morgan fingerprint density at radius 3 is 2.29 bits per heavy atom. The van der Waals surface area contributed by atoms with Crippen molar-refractivity contribution in [3.63, 3.8) is 0 Å². The minimum absolute atomic E-state index is 0.173. The van der Waals surface area contributed by atoms with Crippen LogP contribution >= 0.6 is 11.6 Å². The van der Waals surface area contributed by atoms with Gasteiger partial charge in [-0.15, -0.1) is 0 Å². The fourth-order valence-electron chi connectivity index (χ4n) is 0.753. The molecule has 1 aromatic heterocycles. The van der Waals surface area contributed by atoms with Crippen LogP contribution in [0.4, 0.5) is 0 Å². The van der Waals surface area contributed by atoms with Crippen LogP contribution in [0.5, 0.6) is 5.95 Å². The molecule has 1 heterocycles. The second kappa shape index (κ2) is 3.63. The van der Waals surface area contributed by atoms with Gasteiger partial charge in [0.25, 0.3) is 14.3 Å². The molecule has 0 aliphatic rings. The Hall–Kier alpha value is -0.413. The van der Waals surface area contributed by atoms with Gasteiger partial charge in [0.1, 0.15) is 6.26 Å². The molecule has 0 spiro atoms. The first kappa shape index (κ1) is 11.7. The summed E-state index contributed by atoms with van der Waals surface area (Å²) in [4.78, 5) is 0. The average molecular weight is 233 g/mol. The highest BCUT2D eigenvalue weighted by Crippen LogP contribution is 2.37. The smallest absolute Gasteiger partial charge is 0.271 e. The van der Waals surface area contributed by atoms with Gasteiger partial charge in [-0.2, -0.15) is 0 Å². The summed E-state index contributed by atoms with van der Waals surface area (Å²) in [5.74, 6) is 0.529. The van der Waals surface area contributed by atoms with E-state index in [1.165, 1.54) is 6.26 Å². The lowest BCUT2D eigenvalue weighted by atomic mass is 10.2. The monoisotopic (exact) mass is 232 g/mol. The normalized spacial score (nSPS) is 13.0. The van der Waals surface area contributed by atoms with E-state index >= 15 is 0 Å². The number of furan rings is 1. The molecule has 1 rings (SSSR count). The molecule has 0 saturated heterocycles. The number of hydrogen-bond acceptors (Lipinski definition) is 2. The zero-order chi connectivity index (χ0) is 11.0. The minimum Gasteiger partial charge on any atom is -0.519 e. The van der Waals surface area contributed by atoms with E-state index in [0.29, 0.717) is 11.0 Å². The fraction of sp³-hybridized carbons (Fsp3) is 0.600. The van der Waals surface area contributed by atoms with Crippen LogP contribution in [0.15, 0.2) is 16.7 Å². The molecule has 1 aromatic rings. The molecule has 0 aliphatic carbocycles. The summed E-state index contributed by atoms with van der Waals surface area (Å²) < 4.78 is 11.1. The molecule has 0 atom stereocenters. The van der Waals surface area contributed by atoms with E-state index in [2.05, 4.69) is 33.9 Å². The van der Waals surface area contributed by atoms with Gasteiger partial charge < -0.3 is 8.84 Å². The molecular formula is C10H17ClO2Si. The summed E-state index contributed by atoms with van der Waals surface area (Å²) in [6, 6.07) is 1.71. The van der Waals surface area contributed by atoms with E-state index in [1.807, 2.05) is 0 Å². The lowest BCUT2D eigenvalue weighted by molar-refractivity contribution is 0.366. The fourth-order valence-corrected chi connectivity index (χ4v) is 1.80. The van der Waals surface area contributed by atoms with E-state index < -0.39 is 8.32 Å². The van der Waals surface area contributed by atoms with Gasteiger partial charge in [-0.05, 0) is 18.1 Å². The summed E-state index contributed by atoms with van der Waals surface area (Å²) in [5, 5.41) is 0.755. The van der Waals surface area contributed by atoms with Gasteiger partial charge in [-0.3, -0.25) is 0 Å². The van der Waals surface area contributed by atoms with Gasteiger partial charge in [-0.1, -0.05) is 32.4 Å². The lowest BCUT2D eigenvalue weighted by Crippen LogP contribution is -2.43. The molecule has 0 saturated carbocycles. The van der Waals surface area contributed by atoms with Gasteiger partial charge >= 0.3 is 0 Å². The van der Waals surface area contributed by atoms with Crippen molar-refractivity contribution in [3.05, 3.63) is 17.4 Å². The highest BCUT2D eigenvalue weighted by atomic mass is 35.5. The molecule has 0 aliphatic heterocycles. The summed E-state index contributed by atoms with van der Waals surface area (Å²) in [6.45, 7) is 10.9. The molecule has 4 heteroatoms. The number of hydrogen-bond donors (Lipinski definition) is 0. The number of halogens is 1. The Labute approximate surface area is 91.3 Å². The molecule has 0 fully saturated rings. The highest BCUT2D eigenvalue weighted by Gasteiger charge is 2.39. The molecule has 0 aromatic carbocycles. The van der Waals surface area contributed by atoms with Crippen molar-refractivity contribution in [3.8, 4) is 5.95 Å². The standard InChI is InChI=1S/C10H17ClO2Si/c1-10(2,3)14(4,5)13-9-6-8(11)7-12-9/h6-7H,1-5H3. The van der Waals surface area contributed by atoms with Crippen molar-refractivity contribution < 1.29 is 8.84 Å². The molecule has 0 unspecified atom stereocenters. The Kier molecular flexibility index (Phi) is 3.02. The summed E-state index contributed by atoms with van der Waals surface area (Å²) in [6.07, 6.45) is 1.49. The predicted molar refractivity (Wildman–Crippen MR) is 61.5 cm³/mol. The van der Waals surface area contributed by atoms with Crippen molar-refractivity contribution in [2.45, 2.75) is 38.9 Å². The van der Waals surface area contributed by atoms with Crippen LogP contribution in [0.2, 0.25) is 23.2 Å². The third kappa shape index (κ3) is 2.55. The molecule has 0 amide bonds. The van der Waals surface area contributed by atoms with Gasteiger partial charge in [-0.25, -0.2) is 0 Å². The Balaban J connectivity index is 2.78. The van der Waals surface area contributed by atoms with Crippen LogP contribution < -0.4 is 4.43 Å². The first-order chi connectivity index (χ1) is 6.22. The molecule has 80 valence electrons. The maximum Gasteiger partial charge on any atom is 0.271 e. The molecule has 14 heavy (non-hydrogen) atoms. The van der Waals surface area contributed by atoms with Crippen LogP contribution in [0.1, 0.15) is 20.8 Å². The summed E-state index contributed by atoms with van der Waals surface area (Å²) in [5.41, 5.74) is 0. The van der Waals surface area contributed by atoms with E-state index in [-0.39, 0.29) is 5.04 Å². The SMILES string of the molecule is CC(C)(C)[Si](C)(C)Oc1cc(Cl)co1. The van der Waals surface area contributed by atoms with Gasteiger partial charge in [0.15, 0.2) is 0 Å². The lowest BCUT2D eigenvalue weighted by Gasteiger charge is -2.35. The summed E-state index contributed by atoms with van der Waals surface area (Å²) >= 11 is 5.75. The van der Waals surface area contributed by atoms with Gasteiger partial charge in [0, 0.05) is 6.07 Å². The van der Waals surface area contributed by atoms with Crippen LogP contribution in [-0.4, -0.2) is 8.32 Å². The highest BCUT2D eigenvalue weighted by molar-refractivity contribution is 6.74. The predicted octanol–water partition coefficient (Wildman–Crippen LogP) is 4.32. The van der Waals surface area contributed by atoms with E-state index in [4.69, 9.17) is 20.4 Å². The Morgan fingerprint density at radius 2 is 1.93 bits per heavy atom. The second-order valence-electron chi connectivity index (χ2n) is 4.95. The molecule has 0 bridgehead atoms. The Bertz CT molecular complexity index is 312. The Morgan fingerprint density at radius 1 is 1.36 bits per heavy atom. The zero-order valence-electron chi connectivity index (χ0n) is 9.35. The third-order valence-corrected chi connectivity index (χ3v) is 7.23.